The van der Waals surface area contributed by atoms with Crippen LogP contribution in [0.3, 0.4) is 0 Å². The van der Waals surface area contributed by atoms with Crippen LogP contribution in [0.15, 0.2) is 22.7 Å². The number of halogens is 1. The van der Waals surface area contributed by atoms with Gasteiger partial charge in [0.1, 0.15) is 0 Å². The van der Waals surface area contributed by atoms with Crippen LogP contribution in [0.5, 0.6) is 0 Å². The number of benzene rings is 1. The van der Waals surface area contributed by atoms with Gasteiger partial charge < -0.3 is 10.6 Å². The molecule has 0 spiro atoms. The molecule has 4 heteroatoms. The summed E-state index contributed by atoms with van der Waals surface area (Å²) in [7, 11) is 0. The lowest BCUT2D eigenvalue weighted by molar-refractivity contribution is -0.117. The lowest BCUT2D eigenvalue weighted by atomic mass is 9.88. The first-order valence-electron chi connectivity index (χ1n) is 6.17. The van der Waals surface area contributed by atoms with Gasteiger partial charge in [-0.15, -0.1) is 0 Å². The summed E-state index contributed by atoms with van der Waals surface area (Å²) in [6, 6.07) is 6.02. The zero-order valence-electron chi connectivity index (χ0n) is 11.0. The molecule has 1 fully saturated rings. The molecule has 1 aliphatic rings. The summed E-state index contributed by atoms with van der Waals surface area (Å²) in [6.45, 7) is 6.76. The van der Waals surface area contributed by atoms with Gasteiger partial charge in [0.15, 0.2) is 0 Å². The normalized spacial score (nSPS) is 22.6. The lowest BCUT2D eigenvalue weighted by Crippen LogP contribution is -2.46. The van der Waals surface area contributed by atoms with Gasteiger partial charge in [-0.05, 0) is 51.1 Å². The number of carbonyl (C=O) groups is 1. The Morgan fingerprint density at radius 3 is 2.67 bits per heavy atom. The van der Waals surface area contributed by atoms with Gasteiger partial charge >= 0.3 is 0 Å². The molecule has 1 atom stereocenters. The van der Waals surface area contributed by atoms with Crippen LogP contribution >= 0.6 is 15.9 Å². The molecule has 2 N–H and O–H groups in total. The van der Waals surface area contributed by atoms with Crippen LogP contribution < -0.4 is 10.6 Å². The van der Waals surface area contributed by atoms with Gasteiger partial charge in [0.05, 0.1) is 0 Å². The predicted octanol–water partition coefficient (Wildman–Crippen LogP) is 2.85. The molecule has 2 rings (SSSR count). The van der Waals surface area contributed by atoms with Crippen molar-refractivity contribution in [1.82, 2.24) is 0 Å². The smallest absolute Gasteiger partial charge is 0.227 e. The molecule has 0 aromatic heterocycles. The highest BCUT2D eigenvalue weighted by Gasteiger charge is 2.46. The van der Waals surface area contributed by atoms with Crippen LogP contribution in [0.1, 0.15) is 25.8 Å². The molecule has 1 saturated heterocycles. The molecule has 1 aliphatic heterocycles. The van der Waals surface area contributed by atoms with E-state index in [9.17, 15) is 4.79 Å². The molecule has 1 heterocycles. The summed E-state index contributed by atoms with van der Waals surface area (Å²) in [5.74, 6) is 0.381. The number of aryl methyl sites for hydroxylation is 1. The molecule has 0 saturated carbocycles. The van der Waals surface area contributed by atoms with E-state index in [1.807, 2.05) is 30.0 Å². The Balaban J connectivity index is 2.43. The van der Waals surface area contributed by atoms with E-state index >= 15 is 0 Å². The van der Waals surface area contributed by atoms with Crippen molar-refractivity contribution in [2.45, 2.75) is 32.7 Å². The fourth-order valence-corrected chi connectivity index (χ4v) is 2.92. The molecule has 1 aromatic carbocycles. The highest BCUT2D eigenvalue weighted by Crippen LogP contribution is 2.39. The predicted molar refractivity (Wildman–Crippen MR) is 77.6 cm³/mol. The third-order valence-corrected chi connectivity index (χ3v) is 4.82. The molecule has 1 aromatic rings. The van der Waals surface area contributed by atoms with E-state index in [0.717, 1.165) is 15.7 Å². The molecule has 98 valence electrons. The molecule has 0 bridgehead atoms. The molecule has 0 aliphatic carbocycles. The van der Waals surface area contributed by atoms with Crippen LogP contribution in [0.2, 0.25) is 0 Å². The molecular weight excluding hydrogens is 292 g/mol. The zero-order chi connectivity index (χ0) is 13.5. The van der Waals surface area contributed by atoms with Gasteiger partial charge in [0, 0.05) is 28.0 Å². The Hall–Kier alpha value is -0.870. The fraction of sp³-hybridized carbons (Fsp3) is 0.500. The molecule has 1 amide bonds. The second-order valence-corrected chi connectivity index (χ2v) is 6.31. The molecule has 0 radical (unpaired) electrons. The Labute approximate surface area is 116 Å². The van der Waals surface area contributed by atoms with Crippen LogP contribution in [0.25, 0.3) is 0 Å². The second-order valence-electron chi connectivity index (χ2n) is 5.45. The largest absolute Gasteiger partial charge is 0.330 e. The lowest BCUT2D eigenvalue weighted by Gasteiger charge is -2.35. The summed E-state index contributed by atoms with van der Waals surface area (Å²) in [4.78, 5) is 14.1. The first kappa shape index (κ1) is 13.6. The van der Waals surface area contributed by atoms with Crippen molar-refractivity contribution in [2.24, 2.45) is 11.7 Å². The summed E-state index contributed by atoms with van der Waals surface area (Å²) in [6.07, 6.45) is 0.540. The Morgan fingerprint density at radius 2 is 2.17 bits per heavy atom. The van der Waals surface area contributed by atoms with Crippen molar-refractivity contribution in [3.05, 3.63) is 28.2 Å². The Kier molecular flexibility index (Phi) is 3.52. The van der Waals surface area contributed by atoms with E-state index in [-0.39, 0.29) is 17.4 Å². The summed E-state index contributed by atoms with van der Waals surface area (Å²) in [5, 5.41) is 0. The fourth-order valence-electron chi connectivity index (χ4n) is 2.67. The van der Waals surface area contributed by atoms with Crippen LogP contribution in [-0.4, -0.2) is 18.0 Å². The van der Waals surface area contributed by atoms with E-state index in [4.69, 9.17) is 5.73 Å². The maximum absolute atomic E-state index is 12.2. The minimum absolute atomic E-state index is 0.164. The summed E-state index contributed by atoms with van der Waals surface area (Å²) < 4.78 is 1.06. The zero-order valence-corrected chi connectivity index (χ0v) is 12.6. The number of carbonyl (C=O) groups excluding carboxylic acids is 1. The third-order valence-electron chi connectivity index (χ3n) is 3.93. The summed E-state index contributed by atoms with van der Waals surface area (Å²) >= 11 is 3.48. The number of hydrogen-bond donors (Lipinski definition) is 1. The highest BCUT2D eigenvalue weighted by atomic mass is 79.9. The van der Waals surface area contributed by atoms with Crippen molar-refractivity contribution < 1.29 is 4.79 Å². The average Bonchev–Trinajstić information content (AvgIpc) is 2.52. The SMILES string of the molecule is Cc1cc(N2C(=O)CC(CN)C2(C)C)ccc1Br. The Bertz CT molecular complexity index is 485. The number of amides is 1. The Morgan fingerprint density at radius 1 is 1.50 bits per heavy atom. The van der Waals surface area contributed by atoms with E-state index in [1.165, 1.54) is 0 Å². The van der Waals surface area contributed by atoms with Crippen molar-refractivity contribution in [3.8, 4) is 0 Å². The van der Waals surface area contributed by atoms with Gasteiger partial charge in [-0.3, -0.25) is 4.79 Å². The summed E-state index contributed by atoms with van der Waals surface area (Å²) in [5.41, 5.74) is 7.66. The minimum Gasteiger partial charge on any atom is -0.330 e. The van der Waals surface area contributed by atoms with E-state index in [0.29, 0.717) is 13.0 Å². The number of hydrogen-bond acceptors (Lipinski definition) is 2. The topological polar surface area (TPSA) is 46.3 Å². The standard InChI is InChI=1S/C14H19BrN2O/c1-9-6-11(4-5-12(9)15)17-13(18)7-10(8-16)14(17,2)3/h4-6,10H,7-8,16H2,1-3H3. The van der Waals surface area contributed by atoms with Crippen molar-refractivity contribution >= 4 is 27.5 Å². The van der Waals surface area contributed by atoms with E-state index in [2.05, 4.69) is 29.8 Å². The van der Waals surface area contributed by atoms with Gasteiger partial charge in [-0.25, -0.2) is 0 Å². The van der Waals surface area contributed by atoms with Crippen LogP contribution in [0.4, 0.5) is 5.69 Å². The number of nitrogens with zero attached hydrogens (tertiary/aromatic N) is 1. The quantitative estimate of drug-likeness (QED) is 0.913. The molecule has 18 heavy (non-hydrogen) atoms. The average molecular weight is 311 g/mol. The number of anilines is 1. The number of nitrogens with two attached hydrogens (primary N) is 1. The third kappa shape index (κ3) is 2.08. The molecule has 3 nitrogen and oxygen atoms in total. The van der Waals surface area contributed by atoms with Crippen molar-refractivity contribution in [1.29, 1.82) is 0 Å². The van der Waals surface area contributed by atoms with Gasteiger partial charge in [0.25, 0.3) is 0 Å². The first-order chi connectivity index (χ1) is 8.37. The van der Waals surface area contributed by atoms with Crippen LogP contribution in [-0.2, 0) is 4.79 Å². The van der Waals surface area contributed by atoms with Gasteiger partial charge in [-0.2, -0.15) is 0 Å². The van der Waals surface area contributed by atoms with Crippen molar-refractivity contribution in [2.75, 3.05) is 11.4 Å². The van der Waals surface area contributed by atoms with Crippen molar-refractivity contribution in [3.63, 3.8) is 0 Å². The maximum atomic E-state index is 12.2. The second kappa shape index (κ2) is 4.67. The van der Waals surface area contributed by atoms with Crippen LogP contribution in [0, 0.1) is 12.8 Å². The van der Waals surface area contributed by atoms with Gasteiger partial charge in [0.2, 0.25) is 5.91 Å². The van der Waals surface area contributed by atoms with E-state index in [1.54, 1.807) is 0 Å². The van der Waals surface area contributed by atoms with Gasteiger partial charge in [-0.1, -0.05) is 15.9 Å². The monoisotopic (exact) mass is 310 g/mol. The highest BCUT2D eigenvalue weighted by molar-refractivity contribution is 9.10. The maximum Gasteiger partial charge on any atom is 0.227 e. The van der Waals surface area contributed by atoms with E-state index < -0.39 is 0 Å². The first-order valence-corrected chi connectivity index (χ1v) is 6.96. The molecular formula is C14H19BrN2O. The minimum atomic E-state index is -0.216. The number of rotatable bonds is 2. The molecule has 1 unspecified atom stereocenters.